The molecule has 2 saturated carbocycles. The topological polar surface area (TPSA) is 26.3 Å². The van der Waals surface area contributed by atoms with Crippen molar-refractivity contribution in [3.05, 3.63) is 0 Å². The van der Waals surface area contributed by atoms with E-state index in [9.17, 15) is 4.79 Å². The third-order valence-electron chi connectivity index (χ3n) is 4.78. The van der Waals surface area contributed by atoms with Crippen LogP contribution in [0, 0.1) is 23.7 Å². The lowest BCUT2D eigenvalue weighted by molar-refractivity contribution is -0.152. The van der Waals surface area contributed by atoms with Crippen molar-refractivity contribution < 1.29 is 9.53 Å². The number of ether oxygens (including phenoxy) is 1. The lowest BCUT2D eigenvalue weighted by Gasteiger charge is -2.28. The average Bonchev–Trinajstić information content (AvgIpc) is 2.36. The number of hydrogen-bond donors (Lipinski definition) is 0. The van der Waals surface area contributed by atoms with Crippen molar-refractivity contribution >= 4 is 5.97 Å². The minimum atomic E-state index is 0.0831. The maximum atomic E-state index is 12.0. The molecule has 0 N–H and O–H groups in total. The zero-order chi connectivity index (χ0) is 13.0. The number of carbonyl (C=O) groups excluding carboxylic acids is 1. The highest BCUT2D eigenvalue weighted by molar-refractivity contribution is 5.72. The Morgan fingerprint density at radius 3 is 2.33 bits per heavy atom. The summed E-state index contributed by atoms with van der Waals surface area (Å²) in [5.74, 6) is 2.41. The standard InChI is InChI=1S/C16H28O2/c1-12-5-3-7-14(9-12)11-18-16(17)15-8-4-6-13(2)10-15/h12-15H,3-11H2,1-2H3. The smallest absolute Gasteiger partial charge is 0.308 e. The van der Waals surface area contributed by atoms with Gasteiger partial charge in [-0.2, -0.15) is 0 Å². The van der Waals surface area contributed by atoms with Gasteiger partial charge >= 0.3 is 5.97 Å². The maximum absolute atomic E-state index is 12.0. The molecular weight excluding hydrogens is 224 g/mol. The molecule has 0 aromatic carbocycles. The van der Waals surface area contributed by atoms with E-state index in [0.29, 0.717) is 18.4 Å². The third-order valence-corrected chi connectivity index (χ3v) is 4.78. The molecule has 4 atom stereocenters. The molecule has 2 aliphatic carbocycles. The van der Waals surface area contributed by atoms with Crippen LogP contribution in [-0.4, -0.2) is 12.6 Å². The second kappa shape index (κ2) is 6.58. The van der Waals surface area contributed by atoms with E-state index >= 15 is 0 Å². The fourth-order valence-corrected chi connectivity index (χ4v) is 3.68. The highest BCUT2D eigenvalue weighted by atomic mass is 16.5. The average molecular weight is 252 g/mol. The van der Waals surface area contributed by atoms with Gasteiger partial charge in [0.25, 0.3) is 0 Å². The van der Waals surface area contributed by atoms with Gasteiger partial charge in [0.2, 0.25) is 0 Å². The van der Waals surface area contributed by atoms with Crippen LogP contribution in [0.15, 0.2) is 0 Å². The van der Waals surface area contributed by atoms with E-state index in [0.717, 1.165) is 18.8 Å². The van der Waals surface area contributed by atoms with Crippen LogP contribution >= 0.6 is 0 Å². The molecule has 0 radical (unpaired) electrons. The Morgan fingerprint density at radius 1 is 1.00 bits per heavy atom. The normalized spacial score (nSPS) is 37.2. The quantitative estimate of drug-likeness (QED) is 0.704. The summed E-state index contributed by atoms with van der Waals surface area (Å²) >= 11 is 0. The highest BCUT2D eigenvalue weighted by Gasteiger charge is 2.27. The van der Waals surface area contributed by atoms with Gasteiger partial charge in [0.1, 0.15) is 0 Å². The molecule has 0 aromatic heterocycles. The van der Waals surface area contributed by atoms with Gasteiger partial charge in [0.15, 0.2) is 0 Å². The second-order valence-corrected chi connectivity index (χ2v) is 6.74. The van der Waals surface area contributed by atoms with Crippen LogP contribution in [-0.2, 0) is 9.53 Å². The van der Waals surface area contributed by atoms with Gasteiger partial charge in [-0.25, -0.2) is 0 Å². The summed E-state index contributed by atoms with van der Waals surface area (Å²) in [6, 6.07) is 0. The van der Waals surface area contributed by atoms with Crippen molar-refractivity contribution in [3.63, 3.8) is 0 Å². The number of esters is 1. The number of carbonyl (C=O) groups is 1. The first-order valence-electron chi connectivity index (χ1n) is 7.81. The van der Waals surface area contributed by atoms with E-state index in [1.165, 1.54) is 38.5 Å². The zero-order valence-corrected chi connectivity index (χ0v) is 12.0. The van der Waals surface area contributed by atoms with Crippen LogP contribution in [0.3, 0.4) is 0 Å². The fraction of sp³-hybridized carbons (Fsp3) is 0.938. The van der Waals surface area contributed by atoms with Gasteiger partial charge in [-0.05, 0) is 43.4 Å². The monoisotopic (exact) mass is 252 g/mol. The number of hydrogen-bond acceptors (Lipinski definition) is 2. The summed E-state index contributed by atoms with van der Waals surface area (Å²) in [5.41, 5.74) is 0. The summed E-state index contributed by atoms with van der Waals surface area (Å²) in [5, 5.41) is 0. The minimum absolute atomic E-state index is 0.0831. The molecule has 4 unspecified atom stereocenters. The SMILES string of the molecule is CC1CCCC(COC(=O)C2CCCC(C)C2)C1. The summed E-state index contributed by atoms with van der Waals surface area (Å²) in [6.45, 7) is 5.24. The zero-order valence-electron chi connectivity index (χ0n) is 12.0. The Hall–Kier alpha value is -0.530. The van der Waals surface area contributed by atoms with E-state index in [-0.39, 0.29) is 11.9 Å². The second-order valence-electron chi connectivity index (χ2n) is 6.74. The van der Waals surface area contributed by atoms with Gasteiger partial charge < -0.3 is 4.74 Å². The molecule has 0 spiro atoms. The molecule has 2 nitrogen and oxygen atoms in total. The molecule has 0 aromatic rings. The van der Waals surface area contributed by atoms with E-state index in [1.54, 1.807) is 0 Å². The first-order chi connectivity index (χ1) is 8.65. The molecule has 2 aliphatic rings. The Morgan fingerprint density at radius 2 is 1.67 bits per heavy atom. The summed E-state index contributed by atoms with van der Waals surface area (Å²) in [4.78, 5) is 12.0. The molecule has 2 fully saturated rings. The van der Waals surface area contributed by atoms with Gasteiger partial charge in [-0.1, -0.05) is 39.5 Å². The Balaban J connectivity index is 1.70. The first-order valence-corrected chi connectivity index (χ1v) is 7.81. The Labute approximate surface area is 111 Å². The molecule has 0 amide bonds. The van der Waals surface area contributed by atoms with Crippen molar-refractivity contribution in [3.8, 4) is 0 Å². The summed E-state index contributed by atoms with van der Waals surface area (Å²) in [6.07, 6.45) is 9.72. The molecule has 104 valence electrons. The molecular formula is C16H28O2. The molecule has 0 aliphatic heterocycles. The van der Waals surface area contributed by atoms with E-state index in [2.05, 4.69) is 13.8 Å². The number of rotatable bonds is 3. The summed E-state index contributed by atoms with van der Waals surface area (Å²) < 4.78 is 5.58. The van der Waals surface area contributed by atoms with Gasteiger partial charge in [0.05, 0.1) is 12.5 Å². The predicted molar refractivity (Wildman–Crippen MR) is 73.2 cm³/mol. The largest absolute Gasteiger partial charge is 0.465 e. The molecule has 0 bridgehead atoms. The van der Waals surface area contributed by atoms with Crippen molar-refractivity contribution in [1.29, 1.82) is 0 Å². The lowest BCUT2D eigenvalue weighted by Crippen LogP contribution is -2.27. The minimum Gasteiger partial charge on any atom is -0.465 e. The van der Waals surface area contributed by atoms with Crippen molar-refractivity contribution in [2.24, 2.45) is 23.7 Å². The lowest BCUT2D eigenvalue weighted by atomic mass is 9.82. The van der Waals surface area contributed by atoms with E-state index in [1.807, 2.05) is 0 Å². The van der Waals surface area contributed by atoms with Gasteiger partial charge in [-0.3, -0.25) is 4.79 Å². The van der Waals surface area contributed by atoms with Gasteiger partial charge in [0, 0.05) is 0 Å². The summed E-state index contributed by atoms with van der Waals surface area (Å²) in [7, 11) is 0. The maximum Gasteiger partial charge on any atom is 0.308 e. The van der Waals surface area contributed by atoms with Crippen LogP contribution in [0.5, 0.6) is 0 Å². The predicted octanol–water partition coefficient (Wildman–Crippen LogP) is 4.18. The molecule has 18 heavy (non-hydrogen) atoms. The third kappa shape index (κ3) is 4.00. The van der Waals surface area contributed by atoms with Crippen molar-refractivity contribution in [2.45, 2.75) is 65.2 Å². The Bertz CT molecular complexity index is 274. The van der Waals surface area contributed by atoms with E-state index < -0.39 is 0 Å². The van der Waals surface area contributed by atoms with Crippen LogP contribution in [0.1, 0.15) is 65.2 Å². The molecule has 2 rings (SSSR count). The van der Waals surface area contributed by atoms with Gasteiger partial charge in [-0.15, -0.1) is 0 Å². The molecule has 0 saturated heterocycles. The van der Waals surface area contributed by atoms with Crippen LogP contribution in [0.2, 0.25) is 0 Å². The molecule has 0 heterocycles. The highest BCUT2D eigenvalue weighted by Crippen LogP contribution is 2.31. The van der Waals surface area contributed by atoms with Crippen molar-refractivity contribution in [1.82, 2.24) is 0 Å². The Kier molecular flexibility index (Phi) is 5.08. The first kappa shape index (κ1) is 13.9. The fourth-order valence-electron chi connectivity index (χ4n) is 3.68. The van der Waals surface area contributed by atoms with Crippen LogP contribution in [0.4, 0.5) is 0 Å². The van der Waals surface area contributed by atoms with Crippen LogP contribution < -0.4 is 0 Å². The van der Waals surface area contributed by atoms with Crippen molar-refractivity contribution in [2.75, 3.05) is 6.61 Å². The molecule has 2 heteroatoms. The van der Waals surface area contributed by atoms with E-state index in [4.69, 9.17) is 4.74 Å². The van der Waals surface area contributed by atoms with Crippen LogP contribution in [0.25, 0.3) is 0 Å².